The highest BCUT2D eigenvalue weighted by molar-refractivity contribution is 5.30. The van der Waals surface area contributed by atoms with Gasteiger partial charge in [-0.3, -0.25) is 0 Å². The standard InChI is InChI=1S/C13H21NO/c1-4-13(10(2)9-14-3)11-6-5-7-12(15)8-11/h5-8,10,13-15H,4,9H2,1-3H3/t10-,13+/m0/s1. The second-order valence-corrected chi connectivity index (χ2v) is 4.14. The predicted molar refractivity (Wildman–Crippen MR) is 64.2 cm³/mol. The molecule has 2 N–H and O–H groups in total. The molecular weight excluding hydrogens is 186 g/mol. The maximum absolute atomic E-state index is 9.45. The lowest BCUT2D eigenvalue weighted by Gasteiger charge is -2.23. The molecule has 2 nitrogen and oxygen atoms in total. The number of nitrogens with one attached hydrogen (secondary N) is 1. The van der Waals surface area contributed by atoms with Crippen LogP contribution in [0.3, 0.4) is 0 Å². The molecule has 0 radical (unpaired) electrons. The summed E-state index contributed by atoms with van der Waals surface area (Å²) in [7, 11) is 1.98. The molecule has 0 heterocycles. The summed E-state index contributed by atoms with van der Waals surface area (Å²) in [5.41, 5.74) is 1.24. The Morgan fingerprint density at radius 3 is 2.67 bits per heavy atom. The van der Waals surface area contributed by atoms with Gasteiger partial charge in [-0.15, -0.1) is 0 Å². The minimum Gasteiger partial charge on any atom is -0.508 e. The topological polar surface area (TPSA) is 32.3 Å². The summed E-state index contributed by atoms with van der Waals surface area (Å²) in [5, 5.41) is 12.7. The Balaban J connectivity index is 2.82. The quantitative estimate of drug-likeness (QED) is 0.778. The molecule has 0 saturated heterocycles. The first-order chi connectivity index (χ1) is 7.19. The Kier molecular flexibility index (Phi) is 4.63. The first-order valence-corrected chi connectivity index (χ1v) is 5.62. The van der Waals surface area contributed by atoms with Crippen LogP contribution in [0.25, 0.3) is 0 Å². The number of phenolic OH excluding ortho intramolecular Hbond substituents is 1. The molecule has 1 aromatic rings. The Hall–Kier alpha value is -1.02. The van der Waals surface area contributed by atoms with Gasteiger partial charge in [-0.1, -0.05) is 26.0 Å². The van der Waals surface area contributed by atoms with E-state index in [-0.39, 0.29) is 0 Å². The molecular formula is C13H21NO. The third-order valence-corrected chi connectivity index (χ3v) is 2.95. The number of benzene rings is 1. The molecule has 0 spiro atoms. The molecule has 0 saturated carbocycles. The molecule has 1 aromatic carbocycles. The second kappa shape index (κ2) is 5.76. The van der Waals surface area contributed by atoms with Crippen molar-refractivity contribution in [3.05, 3.63) is 29.8 Å². The van der Waals surface area contributed by atoms with Crippen molar-refractivity contribution in [3.8, 4) is 5.75 Å². The van der Waals surface area contributed by atoms with Crippen molar-refractivity contribution in [3.63, 3.8) is 0 Å². The zero-order valence-electron chi connectivity index (χ0n) is 9.83. The molecule has 0 aliphatic rings. The van der Waals surface area contributed by atoms with Crippen LogP contribution in [0.4, 0.5) is 0 Å². The predicted octanol–water partition coefficient (Wildman–Crippen LogP) is 2.74. The number of aromatic hydroxyl groups is 1. The highest BCUT2D eigenvalue weighted by atomic mass is 16.3. The molecule has 84 valence electrons. The van der Waals surface area contributed by atoms with Gasteiger partial charge in [0.2, 0.25) is 0 Å². The summed E-state index contributed by atoms with van der Waals surface area (Å²) < 4.78 is 0. The molecule has 0 aliphatic heterocycles. The number of hydrogen-bond donors (Lipinski definition) is 2. The molecule has 2 atom stereocenters. The summed E-state index contributed by atoms with van der Waals surface area (Å²) in [6.45, 7) is 5.45. The lowest BCUT2D eigenvalue weighted by molar-refractivity contribution is 0.426. The fraction of sp³-hybridized carbons (Fsp3) is 0.538. The summed E-state index contributed by atoms with van der Waals surface area (Å²) in [6, 6.07) is 7.61. The van der Waals surface area contributed by atoms with Gasteiger partial charge in [0.15, 0.2) is 0 Å². The van der Waals surface area contributed by atoms with Crippen molar-refractivity contribution in [1.82, 2.24) is 5.32 Å². The maximum atomic E-state index is 9.45. The summed E-state index contributed by atoms with van der Waals surface area (Å²) >= 11 is 0. The van der Waals surface area contributed by atoms with E-state index in [0.29, 0.717) is 17.6 Å². The fourth-order valence-corrected chi connectivity index (χ4v) is 2.19. The van der Waals surface area contributed by atoms with Crippen molar-refractivity contribution < 1.29 is 5.11 Å². The Labute approximate surface area is 92.3 Å². The Morgan fingerprint density at radius 2 is 2.13 bits per heavy atom. The van der Waals surface area contributed by atoms with Gasteiger partial charge in [-0.2, -0.15) is 0 Å². The van der Waals surface area contributed by atoms with Crippen molar-refractivity contribution in [2.45, 2.75) is 26.2 Å². The van der Waals surface area contributed by atoms with Gasteiger partial charge in [-0.25, -0.2) is 0 Å². The van der Waals surface area contributed by atoms with E-state index in [1.165, 1.54) is 5.56 Å². The average molecular weight is 207 g/mol. The van der Waals surface area contributed by atoms with E-state index < -0.39 is 0 Å². The van der Waals surface area contributed by atoms with Gasteiger partial charge < -0.3 is 10.4 Å². The van der Waals surface area contributed by atoms with Gasteiger partial charge in [-0.05, 0) is 49.5 Å². The summed E-state index contributed by atoms with van der Waals surface area (Å²) in [5.74, 6) is 1.47. The van der Waals surface area contributed by atoms with Crippen LogP contribution in [0.15, 0.2) is 24.3 Å². The minimum atomic E-state index is 0.364. The number of hydrogen-bond acceptors (Lipinski definition) is 2. The molecule has 0 aromatic heterocycles. The number of rotatable bonds is 5. The van der Waals surface area contributed by atoms with Crippen LogP contribution in [0.2, 0.25) is 0 Å². The maximum Gasteiger partial charge on any atom is 0.115 e. The largest absolute Gasteiger partial charge is 0.508 e. The molecule has 0 unspecified atom stereocenters. The van der Waals surface area contributed by atoms with Crippen LogP contribution in [-0.2, 0) is 0 Å². The zero-order chi connectivity index (χ0) is 11.3. The van der Waals surface area contributed by atoms with Gasteiger partial charge in [0.05, 0.1) is 0 Å². The van der Waals surface area contributed by atoms with Crippen molar-refractivity contribution in [2.24, 2.45) is 5.92 Å². The third kappa shape index (κ3) is 3.24. The molecule has 1 rings (SSSR count). The third-order valence-electron chi connectivity index (χ3n) is 2.95. The van der Waals surface area contributed by atoms with Crippen molar-refractivity contribution >= 4 is 0 Å². The normalized spacial score (nSPS) is 14.9. The summed E-state index contributed by atoms with van der Waals surface area (Å²) in [4.78, 5) is 0. The van der Waals surface area contributed by atoms with Crippen LogP contribution in [0.5, 0.6) is 5.75 Å². The second-order valence-electron chi connectivity index (χ2n) is 4.14. The molecule has 0 fully saturated rings. The van der Waals surface area contributed by atoms with Gasteiger partial charge in [0.25, 0.3) is 0 Å². The molecule has 0 aliphatic carbocycles. The minimum absolute atomic E-state index is 0.364. The van der Waals surface area contributed by atoms with E-state index >= 15 is 0 Å². The highest BCUT2D eigenvalue weighted by Crippen LogP contribution is 2.29. The van der Waals surface area contributed by atoms with E-state index in [2.05, 4.69) is 25.2 Å². The lowest BCUT2D eigenvalue weighted by Crippen LogP contribution is -2.22. The first kappa shape index (κ1) is 12.1. The van der Waals surface area contributed by atoms with Crippen LogP contribution < -0.4 is 5.32 Å². The smallest absolute Gasteiger partial charge is 0.115 e. The van der Waals surface area contributed by atoms with E-state index in [1.54, 1.807) is 6.07 Å². The zero-order valence-corrected chi connectivity index (χ0v) is 9.83. The number of phenols is 1. The van der Waals surface area contributed by atoms with Crippen molar-refractivity contribution in [2.75, 3.05) is 13.6 Å². The van der Waals surface area contributed by atoms with E-state index in [0.717, 1.165) is 13.0 Å². The average Bonchev–Trinajstić information content (AvgIpc) is 2.19. The van der Waals surface area contributed by atoms with Crippen LogP contribution in [0, 0.1) is 5.92 Å². The Bertz CT molecular complexity index is 298. The van der Waals surface area contributed by atoms with E-state index in [4.69, 9.17) is 0 Å². The molecule has 0 amide bonds. The van der Waals surface area contributed by atoms with E-state index in [9.17, 15) is 5.11 Å². The highest BCUT2D eigenvalue weighted by Gasteiger charge is 2.16. The molecule has 0 bridgehead atoms. The van der Waals surface area contributed by atoms with Crippen molar-refractivity contribution in [1.29, 1.82) is 0 Å². The lowest BCUT2D eigenvalue weighted by atomic mass is 9.85. The Morgan fingerprint density at radius 1 is 1.40 bits per heavy atom. The molecule has 15 heavy (non-hydrogen) atoms. The molecule has 2 heteroatoms. The first-order valence-electron chi connectivity index (χ1n) is 5.62. The van der Waals surface area contributed by atoms with Gasteiger partial charge >= 0.3 is 0 Å². The SMILES string of the molecule is CC[C@@H](c1cccc(O)c1)[C@@H](C)CNC. The van der Waals surface area contributed by atoms with Gasteiger partial charge in [0, 0.05) is 0 Å². The summed E-state index contributed by atoms with van der Waals surface area (Å²) in [6.07, 6.45) is 1.10. The fourth-order valence-electron chi connectivity index (χ4n) is 2.19. The van der Waals surface area contributed by atoms with E-state index in [1.807, 2.05) is 19.2 Å². The van der Waals surface area contributed by atoms with Crippen LogP contribution >= 0.6 is 0 Å². The monoisotopic (exact) mass is 207 g/mol. The van der Waals surface area contributed by atoms with Gasteiger partial charge in [0.1, 0.15) is 5.75 Å². The van der Waals surface area contributed by atoms with Crippen LogP contribution in [0.1, 0.15) is 31.7 Å². The van der Waals surface area contributed by atoms with Crippen LogP contribution in [-0.4, -0.2) is 18.7 Å².